The van der Waals surface area contributed by atoms with Gasteiger partial charge in [0.05, 0.1) is 6.33 Å². The van der Waals surface area contributed by atoms with Gasteiger partial charge in [-0.25, -0.2) is 15.0 Å². The monoisotopic (exact) mass is 217 g/mol. The number of nitrogens with one attached hydrogen (secondary N) is 1. The molecule has 2 heterocycles. The number of hydrogen-bond donors (Lipinski definition) is 1. The number of imidazole rings is 1. The highest BCUT2D eigenvalue weighted by atomic mass is 15.1. The first kappa shape index (κ1) is 10.6. The standard InChI is InChI=1S/C11H15N5/c1-8(2)4-5-12-10-9-11(14-6-13-10)16(3)7-15-9/h4,6-7H,5H2,1-3H3,(H,12,13,14). The maximum Gasteiger partial charge on any atom is 0.165 e. The van der Waals surface area contributed by atoms with Gasteiger partial charge in [-0.3, -0.25) is 0 Å². The van der Waals surface area contributed by atoms with Gasteiger partial charge in [-0.15, -0.1) is 0 Å². The van der Waals surface area contributed by atoms with Gasteiger partial charge in [0.25, 0.3) is 0 Å². The van der Waals surface area contributed by atoms with Crippen molar-refractivity contribution in [1.29, 1.82) is 0 Å². The molecule has 0 amide bonds. The van der Waals surface area contributed by atoms with Crippen LogP contribution in [0.15, 0.2) is 24.3 Å². The van der Waals surface area contributed by atoms with Crippen LogP contribution in [-0.2, 0) is 7.05 Å². The van der Waals surface area contributed by atoms with Crippen molar-refractivity contribution in [2.24, 2.45) is 7.05 Å². The zero-order valence-electron chi connectivity index (χ0n) is 9.73. The van der Waals surface area contributed by atoms with Crippen LogP contribution >= 0.6 is 0 Å². The fraction of sp³-hybridized carbons (Fsp3) is 0.364. The molecule has 0 aliphatic carbocycles. The van der Waals surface area contributed by atoms with Crippen LogP contribution in [0.2, 0.25) is 0 Å². The molecule has 0 radical (unpaired) electrons. The normalized spacial score (nSPS) is 10.4. The number of fused-ring (bicyclic) bond motifs is 1. The van der Waals surface area contributed by atoms with Crippen molar-refractivity contribution < 1.29 is 0 Å². The molecule has 2 aromatic rings. The number of rotatable bonds is 3. The highest BCUT2D eigenvalue weighted by Crippen LogP contribution is 2.15. The summed E-state index contributed by atoms with van der Waals surface area (Å²) < 4.78 is 1.88. The van der Waals surface area contributed by atoms with Crippen LogP contribution in [0.25, 0.3) is 11.2 Å². The summed E-state index contributed by atoms with van der Waals surface area (Å²) >= 11 is 0. The van der Waals surface area contributed by atoms with Gasteiger partial charge >= 0.3 is 0 Å². The van der Waals surface area contributed by atoms with Crippen molar-refractivity contribution in [3.8, 4) is 0 Å². The molecular formula is C11H15N5. The number of hydrogen-bond acceptors (Lipinski definition) is 4. The van der Waals surface area contributed by atoms with E-state index < -0.39 is 0 Å². The number of nitrogens with zero attached hydrogens (tertiary/aromatic N) is 4. The van der Waals surface area contributed by atoms with Gasteiger partial charge in [-0.1, -0.05) is 11.6 Å². The van der Waals surface area contributed by atoms with Crippen molar-refractivity contribution in [1.82, 2.24) is 19.5 Å². The summed E-state index contributed by atoms with van der Waals surface area (Å²) in [5.41, 5.74) is 2.93. The van der Waals surface area contributed by atoms with Crippen LogP contribution in [0.4, 0.5) is 5.82 Å². The Morgan fingerprint density at radius 1 is 1.38 bits per heavy atom. The van der Waals surface area contributed by atoms with Crippen LogP contribution in [0, 0.1) is 0 Å². The van der Waals surface area contributed by atoms with Crippen molar-refractivity contribution in [2.75, 3.05) is 11.9 Å². The Kier molecular flexibility index (Phi) is 2.85. The largest absolute Gasteiger partial charge is 0.365 e. The summed E-state index contributed by atoms with van der Waals surface area (Å²) in [6.45, 7) is 4.89. The fourth-order valence-corrected chi connectivity index (χ4v) is 1.43. The molecule has 0 aliphatic rings. The lowest BCUT2D eigenvalue weighted by molar-refractivity contribution is 0.928. The lowest BCUT2D eigenvalue weighted by Crippen LogP contribution is -2.02. The van der Waals surface area contributed by atoms with Gasteiger partial charge in [-0.05, 0) is 13.8 Å². The van der Waals surface area contributed by atoms with Crippen molar-refractivity contribution >= 4 is 17.0 Å². The lowest BCUT2D eigenvalue weighted by atomic mass is 10.3. The third-order valence-electron chi connectivity index (χ3n) is 2.28. The molecule has 0 saturated carbocycles. The second-order valence-corrected chi connectivity index (χ2v) is 3.91. The highest BCUT2D eigenvalue weighted by molar-refractivity contribution is 5.82. The maximum absolute atomic E-state index is 4.27. The Morgan fingerprint density at radius 3 is 2.94 bits per heavy atom. The van der Waals surface area contributed by atoms with Crippen LogP contribution < -0.4 is 5.32 Å². The molecule has 0 aromatic carbocycles. The average molecular weight is 217 g/mol. The zero-order chi connectivity index (χ0) is 11.5. The summed E-state index contributed by atoms with van der Waals surface area (Å²) in [4.78, 5) is 12.6. The van der Waals surface area contributed by atoms with E-state index >= 15 is 0 Å². The quantitative estimate of drug-likeness (QED) is 0.796. The second kappa shape index (κ2) is 4.30. The molecule has 2 aromatic heterocycles. The molecule has 0 unspecified atom stereocenters. The summed E-state index contributed by atoms with van der Waals surface area (Å²) in [6, 6.07) is 0. The zero-order valence-corrected chi connectivity index (χ0v) is 9.73. The molecule has 0 fully saturated rings. The average Bonchev–Trinajstić information content (AvgIpc) is 2.61. The summed E-state index contributed by atoms with van der Waals surface area (Å²) in [5.74, 6) is 0.781. The molecule has 0 saturated heterocycles. The van der Waals surface area contributed by atoms with Crippen LogP contribution in [0.5, 0.6) is 0 Å². The van der Waals surface area contributed by atoms with E-state index in [1.165, 1.54) is 5.57 Å². The first-order chi connectivity index (χ1) is 7.68. The van der Waals surface area contributed by atoms with Gasteiger partial charge in [-0.2, -0.15) is 0 Å². The predicted octanol–water partition coefficient (Wildman–Crippen LogP) is 1.74. The SMILES string of the molecule is CC(C)=CCNc1ncnc2c1ncn2C. The van der Waals surface area contributed by atoms with E-state index in [1.807, 2.05) is 11.6 Å². The molecule has 0 aliphatic heterocycles. The third-order valence-corrected chi connectivity index (χ3v) is 2.28. The fourth-order valence-electron chi connectivity index (χ4n) is 1.43. The molecule has 5 heteroatoms. The van der Waals surface area contributed by atoms with E-state index in [2.05, 4.69) is 40.2 Å². The van der Waals surface area contributed by atoms with Crippen LogP contribution in [0.1, 0.15) is 13.8 Å². The van der Waals surface area contributed by atoms with E-state index in [0.717, 1.165) is 23.5 Å². The topological polar surface area (TPSA) is 55.6 Å². The Balaban J connectivity index is 2.27. The summed E-state index contributed by atoms with van der Waals surface area (Å²) in [7, 11) is 1.92. The van der Waals surface area contributed by atoms with Crippen molar-refractivity contribution in [3.05, 3.63) is 24.3 Å². The molecule has 84 valence electrons. The van der Waals surface area contributed by atoms with Gasteiger partial charge in [0.15, 0.2) is 11.5 Å². The smallest absolute Gasteiger partial charge is 0.165 e. The molecule has 1 N–H and O–H groups in total. The van der Waals surface area contributed by atoms with E-state index in [-0.39, 0.29) is 0 Å². The van der Waals surface area contributed by atoms with Gasteiger partial charge < -0.3 is 9.88 Å². The maximum atomic E-state index is 4.27. The Bertz CT molecular complexity index is 522. The lowest BCUT2D eigenvalue weighted by Gasteiger charge is -2.03. The minimum Gasteiger partial charge on any atom is -0.365 e. The minimum absolute atomic E-state index is 0.755. The molecule has 2 rings (SSSR count). The van der Waals surface area contributed by atoms with E-state index in [1.54, 1.807) is 12.7 Å². The summed E-state index contributed by atoms with van der Waals surface area (Å²) in [6.07, 6.45) is 5.40. The summed E-state index contributed by atoms with van der Waals surface area (Å²) in [5, 5.41) is 3.23. The Morgan fingerprint density at radius 2 is 2.19 bits per heavy atom. The molecule has 0 bridgehead atoms. The van der Waals surface area contributed by atoms with E-state index in [4.69, 9.17) is 0 Å². The molecule has 0 atom stereocenters. The van der Waals surface area contributed by atoms with Gasteiger partial charge in [0.1, 0.15) is 11.8 Å². The molecule has 16 heavy (non-hydrogen) atoms. The molecule has 5 nitrogen and oxygen atoms in total. The second-order valence-electron chi connectivity index (χ2n) is 3.91. The Labute approximate surface area is 94.2 Å². The minimum atomic E-state index is 0.755. The molecule has 0 spiro atoms. The number of aryl methyl sites for hydroxylation is 1. The van der Waals surface area contributed by atoms with Crippen molar-refractivity contribution in [3.63, 3.8) is 0 Å². The van der Waals surface area contributed by atoms with Crippen LogP contribution in [0.3, 0.4) is 0 Å². The van der Waals surface area contributed by atoms with Crippen LogP contribution in [-0.4, -0.2) is 26.1 Å². The number of anilines is 1. The van der Waals surface area contributed by atoms with Gasteiger partial charge in [0.2, 0.25) is 0 Å². The highest BCUT2D eigenvalue weighted by Gasteiger charge is 2.06. The van der Waals surface area contributed by atoms with Crippen molar-refractivity contribution in [2.45, 2.75) is 13.8 Å². The Hall–Kier alpha value is -1.91. The first-order valence-electron chi connectivity index (χ1n) is 5.17. The van der Waals surface area contributed by atoms with E-state index in [0.29, 0.717) is 0 Å². The third kappa shape index (κ3) is 2.03. The number of aromatic nitrogens is 4. The van der Waals surface area contributed by atoms with Gasteiger partial charge in [0, 0.05) is 13.6 Å². The van der Waals surface area contributed by atoms with E-state index in [9.17, 15) is 0 Å². The molecular weight excluding hydrogens is 202 g/mol. The predicted molar refractivity (Wildman–Crippen MR) is 64.2 cm³/mol. The number of allylic oxidation sites excluding steroid dienone is 1. The first-order valence-corrected chi connectivity index (χ1v) is 5.17.